The monoisotopic (exact) mass is 206 g/mol. The summed E-state index contributed by atoms with van der Waals surface area (Å²) in [7, 11) is 1.84. The summed E-state index contributed by atoms with van der Waals surface area (Å²) < 4.78 is 4.37. The van der Waals surface area contributed by atoms with Crippen LogP contribution in [-0.2, 0) is 14.1 Å². The lowest BCUT2D eigenvalue weighted by atomic mass is 10.0. The molecule has 0 heterocycles. The minimum atomic E-state index is -0.959. The van der Waals surface area contributed by atoms with Crippen molar-refractivity contribution in [3.05, 3.63) is 0 Å². The quantitative estimate of drug-likeness (QED) is 0.672. The van der Waals surface area contributed by atoms with Gasteiger partial charge in [0, 0.05) is 6.42 Å². The fraction of sp³-hybridized carbons (Fsp3) is 0.750. The van der Waals surface area contributed by atoms with Crippen molar-refractivity contribution < 1.29 is 19.2 Å². The minimum Gasteiger partial charge on any atom is -0.451 e. The van der Waals surface area contributed by atoms with E-state index in [9.17, 15) is 9.59 Å². The van der Waals surface area contributed by atoms with Crippen LogP contribution in [0.3, 0.4) is 0 Å². The Labute approximate surface area is 79.9 Å². The maximum absolute atomic E-state index is 11.1. The van der Waals surface area contributed by atoms with Gasteiger partial charge in [-0.3, -0.25) is 9.59 Å². The fourth-order valence-corrected chi connectivity index (χ4v) is 1.10. The lowest BCUT2D eigenvalue weighted by Crippen LogP contribution is -2.24. The Morgan fingerprint density at radius 1 is 1.54 bits per heavy atom. The molecule has 0 aromatic heterocycles. The Kier molecular flexibility index (Phi) is 5.84. The van der Waals surface area contributed by atoms with Crippen LogP contribution in [0.25, 0.3) is 0 Å². The highest BCUT2D eigenvalue weighted by atomic mass is 31.0. The van der Waals surface area contributed by atoms with Crippen molar-refractivity contribution in [2.75, 3.05) is 0 Å². The maximum Gasteiger partial charge on any atom is 0.311 e. The summed E-state index contributed by atoms with van der Waals surface area (Å²) in [5.41, 5.74) is 0. The summed E-state index contributed by atoms with van der Waals surface area (Å²) in [6.45, 7) is 3.30. The zero-order valence-electron chi connectivity index (χ0n) is 7.82. The average molecular weight is 206 g/mol. The second kappa shape index (κ2) is 6.06. The summed E-state index contributed by atoms with van der Waals surface area (Å²) in [5.74, 6) is -1.27. The summed E-state index contributed by atoms with van der Waals surface area (Å²) in [6, 6.07) is 0. The molecule has 0 saturated carbocycles. The van der Waals surface area contributed by atoms with E-state index in [2.05, 4.69) is 4.52 Å². The van der Waals surface area contributed by atoms with Crippen LogP contribution in [0.1, 0.15) is 26.7 Å². The van der Waals surface area contributed by atoms with Crippen molar-refractivity contribution in [3.63, 3.8) is 0 Å². The van der Waals surface area contributed by atoms with Gasteiger partial charge in [-0.05, 0) is 6.42 Å². The maximum atomic E-state index is 11.1. The van der Waals surface area contributed by atoms with Crippen molar-refractivity contribution in [2.45, 2.75) is 32.8 Å². The normalized spacial score (nSPS) is 14.8. The van der Waals surface area contributed by atoms with Crippen LogP contribution in [0.5, 0.6) is 0 Å². The highest BCUT2D eigenvalue weighted by molar-refractivity contribution is 7.10. The van der Waals surface area contributed by atoms with Gasteiger partial charge in [0.05, 0.1) is 15.4 Å². The van der Waals surface area contributed by atoms with Gasteiger partial charge in [0.1, 0.15) is 6.10 Å². The van der Waals surface area contributed by atoms with Crippen molar-refractivity contribution >= 4 is 21.2 Å². The summed E-state index contributed by atoms with van der Waals surface area (Å²) in [6.07, 6.45) is -0.552. The van der Waals surface area contributed by atoms with E-state index >= 15 is 0 Å². The zero-order chi connectivity index (χ0) is 10.4. The van der Waals surface area contributed by atoms with Gasteiger partial charge in [0.2, 0.25) is 0 Å². The second-order valence-corrected chi connectivity index (χ2v) is 3.17. The van der Waals surface area contributed by atoms with E-state index in [1.54, 1.807) is 13.8 Å². The Morgan fingerprint density at radius 3 is 2.46 bits per heavy atom. The Hall–Kier alpha value is -0.470. The number of carbonyl (C=O) groups excluding carboxylic acids is 2. The van der Waals surface area contributed by atoms with Crippen LogP contribution in [0.15, 0.2) is 0 Å². The SMILES string of the molecule is CC[C@H](O)C(=O)C[C@@H](C)C(=O)OP. The first-order valence-electron chi connectivity index (χ1n) is 4.14. The summed E-state index contributed by atoms with van der Waals surface area (Å²) >= 11 is 0. The molecule has 0 aliphatic carbocycles. The Morgan fingerprint density at radius 2 is 2.08 bits per heavy atom. The van der Waals surface area contributed by atoms with Crippen LogP contribution in [-0.4, -0.2) is 23.0 Å². The largest absolute Gasteiger partial charge is 0.451 e. The average Bonchev–Trinajstić information content (AvgIpc) is 2.14. The molecule has 0 radical (unpaired) electrons. The Balaban J connectivity index is 3.98. The molecule has 1 N–H and O–H groups in total. The second-order valence-electron chi connectivity index (χ2n) is 2.93. The first kappa shape index (κ1) is 12.5. The molecule has 76 valence electrons. The van der Waals surface area contributed by atoms with E-state index in [1.165, 1.54) is 0 Å². The van der Waals surface area contributed by atoms with E-state index < -0.39 is 18.0 Å². The molecular formula is C8H15O4P. The molecule has 0 aliphatic rings. The molecule has 4 nitrogen and oxygen atoms in total. The molecule has 0 bridgehead atoms. The van der Waals surface area contributed by atoms with Gasteiger partial charge in [-0.25, -0.2) is 0 Å². The number of carbonyl (C=O) groups is 2. The lowest BCUT2D eigenvalue weighted by Gasteiger charge is -2.10. The smallest absolute Gasteiger partial charge is 0.311 e. The molecule has 5 heteroatoms. The Bertz CT molecular complexity index is 193. The first-order chi connectivity index (χ1) is 6.02. The van der Waals surface area contributed by atoms with E-state index in [0.29, 0.717) is 6.42 Å². The minimum absolute atomic E-state index is 0.0300. The third kappa shape index (κ3) is 4.34. The molecule has 0 amide bonds. The lowest BCUT2D eigenvalue weighted by molar-refractivity contribution is -0.140. The van der Waals surface area contributed by atoms with E-state index in [4.69, 9.17) is 5.11 Å². The van der Waals surface area contributed by atoms with E-state index in [-0.39, 0.29) is 12.2 Å². The highest BCUT2D eigenvalue weighted by Crippen LogP contribution is 2.09. The number of aliphatic hydroxyl groups is 1. The van der Waals surface area contributed by atoms with E-state index in [0.717, 1.165) is 0 Å². The van der Waals surface area contributed by atoms with Gasteiger partial charge in [-0.2, -0.15) is 0 Å². The van der Waals surface area contributed by atoms with Crippen LogP contribution < -0.4 is 0 Å². The number of ketones is 1. The molecule has 0 spiro atoms. The molecule has 0 rings (SSSR count). The van der Waals surface area contributed by atoms with Crippen molar-refractivity contribution in [2.24, 2.45) is 5.92 Å². The number of aliphatic hydroxyl groups excluding tert-OH is 1. The van der Waals surface area contributed by atoms with Crippen molar-refractivity contribution in [1.82, 2.24) is 0 Å². The number of hydrogen-bond donors (Lipinski definition) is 1. The van der Waals surface area contributed by atoms with Crippen LogP contribution in [0.2, 0.25) is 0 Å². The van der Waals surface area contributed by atoms with Gasteiger partial charge in [-0.1, -0.05) is 13.8 Å². The molecule has 3 atom stereocenters. The fourth-order valence-electron chi connectivity index (χ4n) is 0.865. The molecule has 0 aromatic rings. The van der Waals surface area contributed by atoms with Gasteiger partial charge in [0.15, 0.2) is 5.78 Å². The molecule has 0 fully saturated rings. The standard InChI is InChI=1S/C8H15O4P/c1-3-6(9)7(10)4-5(2)8(11)12-13/h5-6,9H,3-4,13H2,1-2H3/t5-,6+/m1/s1. The molecule has 13 heavy (non-hydrogen) atoms. The molecular weight excluding hydrogens is 191 g/mol. The topological polar surface area (TPSA) is 63.6 Å². The predicted octanol–water partition coefficient (Wildman–Crippen LogP) is 0.686. The van der Waals surface area contributed by atoms with Crippen LogP contribution in [0.4, 0.5) is 0 Å². The van der Waals surface area contributed by atoms with Gasteiger partial charge < -0.3 is 9.63 Å². The summed E-state index contributed by atoms with van der Waals surface area (Å²) in [4.78, 5) is 22.0. The predicted molar refractivity (Wildman–Crippen MR) is 50.9 cm³/mol. The molecule has 0 aromatic carbocycles. The van der Waals surface area contributed by atoms with Gasteiger partial charge >= 0.3 is 5.97 Å². The highest BCUT2D eigenvalue weighted by Gasteiger charge is 2.21. The molecule has 1 unspecified atom stereocenters. The van der Waals surface area contributed by atoms with E-state index in [1.807, 2.05) is 9.47 Å². The number of rotatable bonds is 5. The van der Waals surface area contributed by atoms with Gasteiger partial charge in [0.25, 0.3) is 0 Å². The first-order valence-corrected chi connectivity index (χ1v) is 4.61. The number of Topliss-reactive ketones (excluding diaryl/α,β-unsaturated/α-hetero) is 1. The third-order valence-electron chi connectivity index (χ3n) is 1.78. The molecule has 0 aliphatic heterocycles. The summed E-state index contributed by atoms with van der Waals surface area (Å²) in [5, 5.41) is 9.12. The third-order valence-corrected chi connectivity index (χ3v) is 2.02. The van der Waals surface area contributed by atoms with Crippen molar-refractivity contribution in [1.29, 1.82) is 0 Å². The molecule has 0 saturated heterocycles. The van der Waals surface area contributed by atoms with Crippen molar-refractivity contribution in [3.8, 4) is 0 Å². The zero-order valence-corrected chi connectivity index (χ0v) is 8.97. The van der Waals surface area contributed by atoms with Crippen LogP contribution in [0, 0.1) is 5.92 Å². The van der Waals surface area contributed by atoms with Gasteiger partial charge in [-0.15, -0.1) is 0 Å². The van der Waals surface area contributed by atoms with Crippen LogP contribution >= 0.6 is 9.47 Å². The number of hydrogen-bond acceptors (Lipinski definition) is 4.